The molecule has 2 N–H and O–H groups in total. The lowest BCUT2D eigenvalue weighted by Crippen LogP contribution is -2.22. The van der Waals surface area contributed by atoms with Crippen LogP contribution in [-0.4, -0.2) is 26.3 Å². The van der Waals surface area contributed by atoms with Gasteiger partial charge in [0.15, 0.2) is 0 Å². The molecule has 0 amide bonds. The number of nitrogens with zero attached hydrogens (tertiary/aromatic N) is 3. The third-order valence-corrected chi connectivity index (χ3v) is 4.04. The minimum absolute atomic E-state index is 0.791. The van der Waals surface area contributed by atoms with Gasteiger partial charge in [0.2, 0.25) is 5.95 Å². The van der Waals surface area contributed by atoms with E-state index in [-0.39, 0.29) is 0 Å². The summed E-state index contributed by atoms with van der Waals surface area (Å²) >= 11 is 0. The molecule has 0 aliphatic carbocycles. The van der Waals surface area contributed by atoms with E-state index in [0.717, 1.165) is 42.2 Å². The summed E-state index contributed by atoms with van der Waals surface area (Å²) in [5.41, 5.74) is 7.04. The molecule has 1 aliphatic heterocycles. The molecule has 0 fully saturated rings. The summed E-state index contributed by atoms with van der Waals surface area (Å²) in [6.45, 7) is 6.10. The Kier molecular flexibility index (Phi) is 2.44. The lowest BCUT2D eigenvalue weighted by molar-refractivity contribution is 0.628. The van der Waals surface area contributed by atoms with E-state index >= 15 is 0 Å². The molecular formula is C15H17N5. The monoisotopic (exact) mass is 267 g/mol. The molecule has 2 aromatic heterocycles. The number of aryl methyl sites for hydroxylation is 2. The van der Waals surface area contributed by atoms with Crippen LogP contribution >= 0.6 is 0 Å². The Morgan fingerprint density at radius 1 is 1.20 bits per heavy atom. The van der Waals surface area contributed by atoms with Gasteiger partial charge in [-0.05, 0) is 55.6 Å². The second-order valence-electron chi connectivity index (χ2n) is 5.49. The first-order valence-corrected chi connectivity index (χ1v) is 6.96. The summed E-state index contributed by atoms with van der Waals surface area (Å²) in [5, 5.41) is 7.96. The van der Waals surface area contributed by atoms with Crippen molar-refractivity contribution in [3.8, 4) is 5.95 Å². The van der Waals surface area contributed by atoms with Crippen LogP contribution in [0.3, 0.4) is 0 Å². The lowest BCUT2D eigenvalue weighted by Gasteiger charge is -2.09. The predicted molar refractivity (Wildman–Crippen MR) is 78.1 cm³/mol. The first-order chi connectivity index (χ1) is 9.70. The number of imidazole rings is 1. The molecular weight excluding hydrogens is 250 g/mol. The quantitative estimate of drug-likeness (QED) is 0.709. The van der Waals surface area contributed by atoms with Gasteiger partial charge in [0.05, 0.1) is 16.7 Å². The fourth-order valence-corrected chi connectivity index (χ4v) is 2.71. The summed E-state index contributed by atoms with van der Waals surface area (Å²) in [7, 11) is 0. The molecule has 0 spiro atoms. The van der Waals surface area contributed by atoms with Crippen LogP contribution in [0.15, 0.2) is 18.3 Å². The smallest absolute Gasteiger partial charge is 0.229 e. The average Bonchev–Trinajstić information content (AvgIpc) is 3.02. The molecule has 5 heteroatoms. The van der Waals surface area contributed by atoms with Crippen molar-refractivity contribution in [1.82, 2.24) is 25.1 Å². The van der Waals surface area contributed by atoms with E-state index in [2.05, 4.69) is 52.6 Å². The maximum absolute atomic E-state index is 4.65. The van der Waals surface area contributed by atoms with Gasteiger partial charge in [-0.15, -0.1) is 0 Å². The number of fused-ring (bicyclic) bond motifs is 2. The van der Waals surface area contributed by atoms with Crippen molar-refractivity contribution in [1.29, 1.82) is 0 Å². The predicted octanol–water partition coefficient (Wildman–Crippen LogP) is 2.01. The van der Waals surface area contributed by atoms with Crippen LogP contribution in [0.1, 0.15) is 22.4 Å². The van der Waals surface area contributed by atoms with Crippen LogP contribution in [0.25, 0.3) is 17.0 Å². The van der Waals surface area contributed by atoms with Crippen LogP contribution in [0.4, 0.5) is 0 Å². The van der Waals surface area contributed by atoms with Crippen molar-refractivity contribution in [3.05, 3.63) is 40.7 Å². The van der Waals surface area contributed by atoms with Gasteiger partial charge in [-0.25, -0.2) is 9.67 Å². The maximum Gasteiger partial charge on any atom is 0.229 e. The molecule has 20 heavy (non-hydrogen) atoms. The number of aromatic nitrogens is 4. The van der Waals surface area contributed by atoms with Crippen LogP contribution in [-0.2, 0) is 13.0 Å². The number of hydrogen-bond acceptors (Lipinski definition) is 3. The molecule has 0 bridgehead atoms. The van der Waals surface area contributed by atoms with E-state index in [9.17, 15) is 0 Å². The average molecular weight is 267 g/mol. The molecule has 4 rings (SSSR count). The number of aromatic amines is 1. The van der Waals surface area contributed by atoms with Crippen LogP contribution < -0.4 is 5.32 Å². The Hall–Kier alpha value is -2.14. The number of hydrogen-bond donors (Lipinski definition) is 2. The summed E-state index contributed by atoms with van der Waals surface area (Å²) in [4.78, 5) is 8.01. The minimum Gasteiger partial charge on any atom is -0.322 e. The van der Waals surface area contributed by atoms with E-state index in [0.29, 0.717) is 0 Å². The molecule has 0 saturated carbocycles. The minimum atomic E-state index is 0.791. The van der Waals surface area contributed by atoms with Gasteiger partial charge in [-0.3, -0.25) is 0 Å². The summed E-state index contributed by atoms with van der Waals surface area (Å²) in [6, 6.07) is 4.27. The zero-order valence-electron chi connectivity index (χ0n) is 11.7. The summed E-state index contributed by atoms with van der Waals surface area (Å²) in [5.74, 6) is 0.791. The van der Waals surface area contributed by atoms with Gasteiger partial charge >= 0.3 is 0 Å². The maximum atomic E-state index is 4.65. The number of benzene rings is 1. The van der Waals surface area contributed by atoms with Crippen molar-refractivity contribution in [2.24, 2.45) is 0 Å². The third kappa shape index (κ3) is 1.74. The highest BCUT2D eigenvalue weighted by molar-refractivity contribution is 5.78. The molecule has 0 atom stereocenters. The van der Waals surface area contributed by atoms with Gasteiger partial charge in [0.25, 0.3) is 0 Å². The van der Waals surface area contributed by atoms with Gasteiger partial charge in [0, 0.05) is 12.7 Å². The number of H-pyrrole nitrogens is 1. The molecule has 5 nitrogen and oxygen atoms in total. The molecule has 1 aliphatic rings. The molecule has 0 unspecified atom stereocenters. The van der Waals surface area contributed by atoms with E-state index in [1.807, 2.05) is 4.68 Å². The Morgan fingerprint density at radius 2 is 2.05 bits per heavy atom. The van der Waals surface area contributed by atoms with Gasteiger partial charge in [-0.2, -0.15) is 5.10 Å². The van der Waals surface area contributed by atoms with Gasteiger partial charge in [0.1, 0.15) is 0 Å². The lowest BCUT2D eigenvalue weighted by atomic mass is 10.1. The fourth-order valence-electron chi connectivity index (χ4n) is 2.71. The molecule has 3 heterocycles. The molecule has 1 aromatic carbocycles. The number of nitrogens with one attached hydrogen (secondary N) is 2. The highest BCUT2D eigenvalue weighted by Gasteiger charge is 2.15. The topological polar surface area (TPSA) is 58.5 Å². The van der Waals surface area contributed by atoms with Crippen LogP contribution in [0.5, 0.6) is 0 Å². The van der Waals surface area contributed by atoms with Gasteiger partial charge in [-0.1, -0.05) is 0 Å². The standard InChI is InChI=1S/C15H17N5/c1-9-5-12-13(6-10(9)2)18-15(17-12)20-8-11-3-4-16-7-14(11)19-20/h5-6,8,16H,3-4,7H2,1-2H3,(H,17,18). The van der Waals surface area contributed by atoms with Crippen molar-refractivity contribution in [2.75, 3.05) is 6.54 Å². The Labute approximate surface area is 117 Å². The van der Waals surface area contributed by atoms with Crippen molar-refractivity contribution in [3.63, 3.8) is 0 Å². The van der Waals surface area contributed by atoms with Crippen molar-refractivity contribution < 1.29 is 0 Å². The SMILES string of the molecule is Cc1cc2nc(-n3cc4c(n3)CNCC4)[nH]c2cc1C. The molecule has 0 saturated heterocycles. The molecule has 3 aromatic rings. The molecule has 0 radical (unpaired) electrons. The van der Waals surface area contributed by atoms with E-state index in [1.54, 1.807) is 0 Å². The highest BCUT2D eigenvalue weighted by Crippen LogP contribution is 2.20. The zero-order chi connectivity index (χ0) is 13.7. The van der Waals surface area contributed by atoms with Crippen molar-refractivity contribution >= 4 is 11.0 Å². The van der Waals surface area contributed by atoms with E-state index in [1.165, 1.54) is 16.7 Å². The fraction of sp³-hybridized carbons (Fsp3) is 0.333. The van der Waals surface area contributed by atoms with E-state index in [4.69, 9.17) is 0 Å². The van der Waals surface area contributed by atoms with E-state index < -0.39 is 0 Å². The second kappa shape index (κ2) is 4.18. The van der Waals surface area contributed by atoms with Crippen LogP contribution in [0.2, 0.25) is 0 Å². The normalized spacial score (nSPS) is 14.7. The summed E-state index contributed by atoms with van der Waals surface area (Å²) in [6.07, 6.45) is 3.13. The third-order valence-electron chi connectivity index (χ3n) is 4.04. The van der Waals surface area contributed by atoms with Gasteiger partial charge < -0.3 is 10.3 Å². The Balaban J connectivity index is 1.83. The highest BCUT2D eigenvalue weighted by atomic mass is 15.4. The zero-order valence-corrected chi connectivity index (χ0v) is 11.7. The Bertz CT molecular complexity index is 734. The van der Waals surface area contributed by atoms with Crippen molar-refractivity contribution in [2.45, 2.75) is 26.8 Å². The first kappa shape index (κ1) is 11.7. The Morgan fingerprint density at radius 3 is 2.90 bits per heavy atom. The van der Waals surface area contributed by atoms with Crippen LogP contribution in [0, 0.1) is 13.8 Å². The number of rotatable bonds is 1. The molecule has 102 valence electrons. The summed E-state index contributed by atoms with van der Waals surface area (Å²) < 4.78 is 1.86. The first-order valence-electron chi connectivity index (χ1n) is 6.96. The largest absolute Gasteiger partial charge is 0.322 e. The second-order valence-corrected chi connectivity index (χ2v) is 5.49.